The molecule has 0 saturated carbocycles. The fourth-order valence-corrected chi connectivity index (χ4v) is 2.95. The second-order valence-corrected chi connectivity index (χ2v) is 5.04. The number of piperidine rings is 1. The highest BCUT2D eigenvalue weighted by Gasteiger charge is 2.29. The number of nitrogens with zero attached hydrogens (tertiary/aromatic N) is 3. The number of likely N-dealkylation sites (tertiary alicyclic amines) is 1. The summed E-state index contributed by atoms with van der Waals surface area (Å²) in [6, 6.07) is 0.183. The molecule has 0 radical (unpaired) electrons. The molecule has 5 nitrogen and oxygen atoms in total. The van der Waals surface area contributed by atoms with Crippen LogP contribution in [0.5, 0.6) is 0 Å². The number of aryl methyl sites for hydroxylation is 1. The van der Waals surface area contributed by atoms with Gasteiger partial charge < -0.3 is 10.6 Å². The average molecular weight is 291 g/mol. The van der Waals surface area contributed by atoms with Gasteiger partial charge >= 0.3 is 0 Å². The minimum absolute atomic E-state index is 0. The minimum Gasteiger partial charge on any atom is -0.334 e. The molecule has 1 saturated heterocycles. The molecule has 0 spiro atoms. The van der Waals surface area contributed by atoms with Crippen LogP contribution < -0.4 is 5.73 Å². The molecule has 1 aliphatic rings. The lowest BCUT2D eigenvalue weighted by molar-refractivity contribution is 0.0627. The molecule has 2 N–H and O–H groups in total. The monoisotopic (exact) mass is 290 g/mol. The molecule has 1 aliphatic heterocycles. The fraction of sp³-hybridized carbons (Fsp3) is 0.727. The zero-order valence-electron chi connectivity index (χ0n) is 10.5. The van der Waals surface area contributed by atoms with Crippen LogP contribution in [0.4, 0.5) is 0 Å². The Morgan fingerprint density at radius 1 is 1.56 bits per heavy atom. The number of hydrogen-bond acceptors (Lipinski definition) is 5. The summed E-state index contributed by atoms with van der Waals surface area (Å²) >= 11 is 1.20. The highest BCUT2D eigenvalue weighted by molar-refractivity contribution is 7.08. The van der Waals surface area contributed by atoms with E-state index in [0.29, 0.717) is 11.4 Å². The molecule has 1 aromatic heterocycles. The summed E-state index contributed by atoms with van der Waals surface area (Å²) in [4.78, 5) is 15.0. The van der Waals surface area contributed by atoms with Gasteiger partial charge in [-0.2, -0.15) is 0 Å². The number of hydrogen-bond donors (Lipinski definition) is 1. The maximum absolute atomic E-state index is 12.4. The van der Waals surface area contributed by atoms with E-state index in [1.807, 2.05) is 11.8 Å². The van der Waals surface area contributed by atoms with E-state index < -0.39 is 0 Å². The van der Waals surface area contributed by atoms with Crippen LogP contribution >= 0.6 is 23.9 Å². The summed E-state index contributed by atoms with van der Waals surface area (Å²) in [5.74, 6) is 0.0620. The fourth-order valence-electron chi connectivity index (χ4n) is 2.25. The second-order valence-electron chi connectivity index (χ2n) is 4.29. The summed E-state index contributed by atoms with van der Waals surface area (Å²) in [6.45, 7) is 3.34. The Hall–Kier alpha value is -0.720. The molecule has 1 aromatic rings. The maximum atomic E-state index is 12.4. The van der Waals surface area contributed by atoms with Crippen LogP contribution in [0.15, 0.2) is 0 Å². The number of carbonyl (C=O) groups excluding carboxylic acids is 1. The van der Waals surface area contributed by atoms with E-state index in [4.69, 9.17) is 5.73 Å². The number of nitrogens with two attached hydrogens (primary N) is 1. The zero-order valence-corrected chi connectivity index (χ0v) is 12.1. The molecule has 1 unspecified atom stereocenters. The van der Waals surface area contributed by atoms with Gasteiger partial charge in [0.25, 0.3) is 5.91 Å². The van der Waals surface area contributed by atoms with Crippen LogP contribution in [0.2, 0.25) is 0 Å². The van der Waals surface area contributed by atoms with Crippen molar-refractivity contribution in [2.75, 3.05) is 13.1 Å². The van der Waals surface area contributed by atoms with Crippen LogP contribution in [0.3, 0.4) is 0 Å². The quantitative estimate of drug-likeness (QED) is 0.915. The molecular formula is C11H19ClN4OS. The van der Waals surface area contributed by atoms with Crippen molar-refractivity contribution in [3.63, 3.8) is 0 Å². The van der Waals surface area contributed by atoms with Gasteiger partial charge in [-0.25, -0.2) is 0 Å². The first-order chi connectivity index (χ1) is 8.27. The molecule has 102 valence electrons. The second kappa shape index (κ2) is 7.01. The van der Waals surface area contributed by atoms with E-state index in [1.54, 1.807) is 0 Å². The number of rotatable bonds is 3. The van der Waals surface area contributed by atoms with Crippen molar-refractivity contribution < 1.29 is 4.79 Å². The predicted octanol–water partition coefficient (Wildman–Crippen LogP) is 1.48. The Balaban J connectivity index is 0.00000162. The Morgan fingerprint density at radius 3 is 3.00 bits per heavy atom. The van der Waals surface area contributed by atoms with E-state index >= 15 is 0 Å². The predicted molar refractivity (Wildman–Crippen MR) is 74.3 cm³/mol. The van der Waals surface area contributed by atoms with Crippen LogP contribution in [0.1, 0.15) is 41.6 Å². The molecule has 1 atom stereocenters. The molecule has 1 amide bonds. The smallest absolute Gasteiger partial charge is 0.267 e. The van der Waals surface area contributed by atoms with Gasteiger partial charge in [-0.3, -0.25) is 4.79 Å². The van der Waals surface area contributed by atoms with E-state index in [-0.39, 0.29) is 24.4 Å². The van der Waals surface area contributed by atoms with Gasteiger partial charge in [0, 0.05) is 19.1 Å². The van der Waals surface area contributed by atoms with Gasteiger partial charge in [-0.15, -0.1) is 17.5 Å². The van der Waals surface area contributed by atoms with Crippen molar-refractivity contribution in [3.05, 3.63) is 10.6 Å². The van der Waals surface area contributed by atoms with Gasteiger partial charge in [0.15, 0.2) is 0 Å². The Kier molecular flexibility index (Phi) is 5.98. The van der Waals surface area contributed by atoms with Crippen LogP contribution in [0.25, 0.3) is 0 Å². The third-order valence-corrected chi connectivity index (χ3v) is 4.00. The molecule has 7 heteroatoms. The van der Waals surface area contributed by atoms with E-state index in [1.165, 1.54) is 11.5 Å². The molecule has 0 aliphatic carbocycles. The summed E-state index contributed by atoms with van der Waals surface area (Å²) in [6.07, 6.45) is 3.98. The van der Waals surface area contributed by atoms with E-state index in [9.17, 15) is 4.79 Å². The number of amides is 1. The third-order valence-electron chi connectivity index (χ3n) is 3.24. The first-order valence-electron chi connectivity index (χ1n) is 6.10. The highest BCUT2D eigenvalue weighted by Crippen LogP contribution is 2.21. The van der Waals surface area contributed by atoms with Crippen molar-refractivity contribution >= 4 is 29.8 Å². The molecular weight excluding hydrogens is 272 g/mol. The van der Waals surface area contributed by atoms with Crippen molar-refractivity contribution in [1.82, 2.24) is 14.5 Å². The maximum Gasteiger partial charge on any atom is 0.267 e. The Labute approximate surface area is 117 Å². The standard InChI is InChI=1S/C11H18N4OS.ClH/c1-2-9-10(17-14-13-9)11(16)15-6-4-3-5-8(15)7-12;/h8H,2-7,12H2,1H3;1H. The van der Waals surface area contributed by atoms with Gasteiger partial charge in [-0.05, 0) is 37.2 Å². The summed E-state index contributed by atoms with van der Waals surface area (Å²) < 4.78 is 3.87. The molecule has 1 fully saturated rings. The van der Waals surface area contributed by atoms with Gasteiger partial charge in [0.1, 0.15) is 4.88 Å². The highest BCUT2D eigenvalue weighted by atomic mass is 35.5. The number of aromatic nitrogens is 2. The van der Waals surface area contributed by atoms with E-state index in [0.717, 1.165) is 37.9 Å². The molecule has 0 bridgehead atoms. The molecule has 2 rings (SSSR count). The van der Waals surface area contributed by atoms with Gasteiger partial charge in [0.05, 0.1) is 5.69 Å². The number of halogens is 1. The van der Waals surface area contributed by atoms with Gasteiger partial charge in [0.2, 0.25) is 0 Å². The summed E-state index contributed by atoms with van der Waals surface area (Å²) in [5.41, 5.74) is 6.54. The third kappa shape index (κ3) is 2.99. The summed E-state index contributed by atoms with van der Waals surface area (Å²) in [5, 5.41) is 3.99. The Bertz CT molecular complexity index is 398. The summed E-state index contributed by atoms with van der Waals surface area (Å²) in [7, 11) is 0. The molecule has 2 heterocycles. The van der Waals surface area contributed by atoms with Crippen molar-refractivity contribution in [3.8, 4) is 0 Å². The first kappa shape index (κ1) is 15.3. The lowest BCUT2D eigenvalue weighted by Crippen LogP contribution is -2.47. The average Bonchev–Trinajstić information content (AvgIpc) is 2.86. The van der Waals surface area contributed by atoms with Crippen LogP contribution in [0, 0.1) is 0 Å². The Morgan fingerprint density at radius 2 is 2.33 bits per heavy atom. The minimum atomic E-state index is 0. The first-order valence-corrected chi connectivity index (χ1v) is 6.87. The molecule has 0 aromatic carbocycles. The molecule has 18 heavy (non-hydrogen) atoms. The lowest BCUT2D eigenvalue weighted by Gasteiger charge is -2.34. The zero-order chi connectivity index (χ0) is 12.3. The number of carbonyl (C=O) groups is 1. The van der Waals surface area contributed by atoms with E-state index in [2.05, 4.69) is 9.59 Å². The largest absolute Gasteiger partial charge is 0.334 e. The normalized spacial score (nSPS) is 19.4. The lowest BCUT2D eigenvalue weighted by atomic mass is 10.0. The van der Waals surface area contributed by atoms with Crippen LogP contribution in [-0.2, 0) is 6.42 Å². The SMILES string of the molecule is CCc1nnsc1C(=O)N1CCCCC1CN.Cl. The topological polar surface area (TPSA) is 72.1 Å². The van der Waals surface area contributed by atoms with Crippen molar-refractivity contribution in [1.29, 1.82) is 0 Å². The van der Waals surface area contributed by atoms with Crippen LogP contribution in [-0.4, -0.2) is 39.5 Å². The van der Waals surface area contributed by atoms with Crippen molar-refractivity contribution in [2.45, 2.75) is 38.6 Å². The van der Waals surface area contributed by atoms with Crippen molar-refractivity contribution in [2.24, 2.45) is 5.73 Å². The van der Waals surface area contributed by atoms with Gasteiger partial charge in [-0.1, -0.05) is 11.4 Å².